The van der Waals surface area contributed by atoms with Crippen molar-refractivity contribution in [3.05, 3.63) is 48.6 Å². The third kappa shape index (κ3) is 4.96. The summed E-state index contributed by atoms with van der Waals surface area (Å²) in [6.45, 7) is 1.76. The highest BCUT2D eigenvalue weighted by atomic mass is 127. The van der Waals surface area contributed by atoms with Gasteiger partial charge in [0, 0.05) is 6.07 Å². The second-order valence-corrected chi connectivity index (χ2v) is 9.23. The molecule has 0 bridgehead atoms. The molecule has 0 saturated carbocycles. The fourth-order valence-electron chi connectivity index (χ4n) is 3.22. The van der Waals surface area contributed by atoms with Crippen LogP contribution in [0.2, 0.25) is 0 Å². The van der Waals surface area contributed by atoms with E-state index in [1.165, 1.54) is 18.2 Å². The highest BCUT2D eigenvalue weighted by molar-refractivity contribution is 14.1. The van der Waals surface area contributed by atoms with E-state index in [1.54, 1.807) is 25.1 Å². The predicted molar refractivity (Wildman–Crippen MR) is 136 cm³/mol. The number of nitrogens with zero attached hydrogens (tertiary/aromatic N) is 1. The average Bonchev–Trinajstić information content (AvgIpc) is 3.24. The zero-order chi connectivity index (χ0) is 24.4. The second-order valence-electron chi connectivity index (χ2n) is 6.90. The molecule has 0 atom stereocenters. The molecule has 0 aliphatic carbocycles. The molecule has 2 aliphatic heterocycles. The number of carbonyl (C=O) groups is 4. The SMILES string of the molecule is CCOC(=O)COc1c(I)cc(/C=C2\C(=O)NC(=O)N(c3ccc4c(c3)OCO4)C2=O)cc1I. The molecule has 2 heterocycles. The average molecular weight is 690 g/mol. The first kappa shape index (κ1) is 24.3. The van der Waals surface area contributed by atoms with E-state index in [0.717, 1.165) is 4.90 Å². The molecule has 0 radical (unpaired) electrons. The van der Waals surface area contributed by atoms with Gasteiger partial charge in [-0.05, 0) is 88.0 Å². The van der Waals surface area contributed by atoms with Crippen LogP contribution in [-0.2, 0) is 19.1 Å². The number of carbonyl (C=O) groups excluding carboxylic acids is 4. The van der Waals surface area contributed by atoms with E-state index in [2.05, 4.69) is 5.32 Å². The van der Waals surface area contributed by atoms with Crippen molar-refractivity contribution in [2.75, 3.05) is 24.9 Å². The number of halogens is 2. The Morgan fingerprint density at radius 1 is 1.12 bits per heavy atom. The van der Waals surface area contributed by atoms with E-state index >= 15 is 0 Å². The van der Waals surface area contributed by atoms with Gasteiger partial charge < -0.3 is 18.9 Å². The maximum Gasteiger partial charge on any atom is 0.344 e. The fraction of sp³-hybridized carbons (Fsp3) is 0.182. The first-order chi connectivity index (χ1) is 16.3. The molecule has 0 aromatic heterocycles. The molecule has 2 aliphatic rings. The maximum atomic E-state index is 13.2. The number of amides is 4. The van der Waals surface area contributed by atoms with Crippen molar-refractivity contribution in [2.24, 2.45) is 0 Å². The quantitative estimate of drug-likeness (QED) is 0.213. The van der Waals surface area contributed by atoms with Crippen LogP contribution in [-0.4, -0.2) is 43.8 Å². The Morgan fingerprint density at radius 2 is 1.82 bits per heavy atom. The standard InChI is InChI=1S/C22H16I2N2O8/c1-2-31-18(27)9-32-19-14(23)6-11(7-15(19)24)5-13-20(28)25-22(30)26(21(13)29)12-3-4-16-17(8-12)34-10-33-16/h3-8H,2,9-10H2,1H3,(H,25,28,30)/b13-5+. The first-order valence-electron chi connectivity index (χ1n) is 9.87. The number of ether oxygens (including phenoxy) is 4. The molecule has 176 valence electrons. The van der Waals surface area contributed by atoms with Crippen LogP contribution in [0.5, 0.6) is 17.2 Å². The molecule has 0 unspecified atom stereocenters. The lowest BCUT2D eigenvalue weighted by Crippen LogP contribution is -2.54. The zero-order valence-electron chi connectivity index (χ0n) is 17.6. The molecule has 2 aromatic carbocycles. The van der Waals surface area contributed by atoms with E-state index in [4.69, 9.17) is 18.9 Å². The molecule has 2 aromatic rings. The summed E-state index contributed by atoms with van der Waals surface area (Å²) in [5.41, 5.74) is 0.553. The van der Waals surface area contributed by atoms with E-state index in [9.17, 15) is 19.2 Å². The Balaban J connectivity index is 1.61. The number of hydrogen-bond donors (Lipinski definition) is 1. The van der Waals surface area contributed by atoms with Crippen molar-refractivity contribution >= 4 is 80.8 Å². The molecule has 4 rings (SSSR count). The Kier molecular flexibility index (Phi) is 7.25. The number of benzene rings is 2. The van der Waals surface area contributed by atoms with Gasteiger partial charge in [0.1, 0.15) is 11.3 Å². The summed E-state index contributed by atoms with van der Waals surface area (Å²) in [5.74, 6) is -0.705. The monoisotopic (exact) mass is 690 g/mol. The number of rotatable bonds is 6. The van der Waals surface area contributed by atoms with Gasteiger partial charge in [-0.15, -0.1) is 0 Å². The van der Waals surface area contributed by atoms with Gasteiger partial charge in [-0.3, -0.25) is 14.9 Å². The van der Waals surface area contributed by atoms with Gasteiger partial charge in [-0.1, -0.05) is 0 Å². The summed E-state index contributed by atoms with van der Waals surface area (Å²) in [5, 5.41) is 2.19. The zero-order valence-corrected chi connectivity index (χ0v) is 21.9. The number of nitrogens with one attached hydrogen (secondary N) is 1. The van der Waals surface area contributed by atoms with Crippen LogP contribution in [0.1, 0.15) is 12.5 Å². The summed E-state index contributed by atoms with van der Waals surface area (Å²) in [6.07, 6.45) is 1.39. The summed E-state index contributed by atoms with van der Waals surface area (Å²) in [6, 6.07) is 7.13. The van der Waals surface area contributed by atoms with Gasteiger partial charge in [0.2, 0.25) is 6.79 Å². The van der Waals surface area contributed by atoms with Crippen molar-refractivity contribution in [2.45, 2.75) is 6.92 Å². The van der Waals surface area contributed by atoms with Crippen LogP contribution in [0.15, 0.2) is 35.9 Å². The summed E-state index contributed by atoms with van der Waals surface area (Å²) in [4.78, 5) is 50.5. The Labute approximate surface area is 220 Å². The molecular formula is C22H16I2N2O8. The highest BCUT2D eigenvalue weighted by Gasteiger charge is 2.37. The summed E-state index contributed by atoms with van der Waals surface area (Å²) < 4.78 is 22.3. The predicted octanol–water partition coefficient (Wildman–Crippen LogP) is 3.23. The van der Waals surface area contributed by atoms with Crippen molar-refractivity contribution in [3.63, 3.8) is 0 Å². The van der Waals surface area contributed by atoms with Crippen molar-refractivity contribution in [3.8, 4) is 17.2 Å². The third-order valence-electron chi connectivity index (χ3n) is 4.69. The van der Waals surface area contributed by atoms with Gasteiger partial charge in [0.15, 0.2) is 18.1 Å². The van der Waals surface area contributed by atoms with E-state index in [-0.39, 0.29) is 31.3 Å². The summed E-state index contributed by atoms with van der Waals surface area (Å²) in [7, 11) is 0. The molecule has 1 saturated heterocycles. The van der Waals surface area contributed by atoms with Gasteiger partial charge in [0.05, 0.1) is 19.4 Å². The Hall–Kier alpha value is -2.88. The number of urea groups is 1. The first-order valence-corrected chi connectivity index (χ1v) is 12.0. The minimum atomic E-state index is -0.863. The van der Waals surface area contributed by atoms with Gasteiger partial charge in [-0.2, -0.15) is 0 Å². The van der Waals surface area contributed by atoms with E-state index in [0.29, 0.717) is 30.0 Å². The van der Waals surface area contributed by atoms with Crippen molar-refractivity contribution < 1.29 is 38.1 Å². The number of esters is 1. The molecule has 1 fully saturated rings. The van der Waals surface area contributed by atoms with E-state index < -0.39 is 23.8 Å². The minimum Gasteiger partial charge on any atom is -0.480 e. The molecular weight excluding hydrogens is 674 g/mol. The largest absolute Gasteiger partial charge is 0.480 e. The smallest absolute Gasteiger partial charge is 0.344 e. The number of fused-ring (bicyclic) bond motifs is 1. The van der Waals surface area contributed by atoms with Gasteiger partial charge in [-0.25, -0.2) is 14.5 Å². The van der Waals surface area contributed by atoms with Crippen LogP contribution in [0, 0.1) is 7.14 Å². The number of anilines is 1. The third-order valence-corrected chi connectivity index (χ3v) is 6.29. The lowest BCUT2D eigenvalue weighted by molar-refractivity contribution is -0.145. The molecule has 1 N–H and O–H groups in total. The molecule has 12 heteroatoms. The number of barbiturate groups is 1. The number of hydrogen-bond acceptors (Lipinski definition) is 8. The molecule has 4 amide bonds. The normalized spacial score (nSPS) is 16.0. The summed E-state index contributed by atoms with van der Waals surface area (Å²) >= 11 is 4.06. The Morgan fingerprint density at radius 3 is 2.53 bits per heavy atom. The highest BCUT2D eigenvalue weighted by Crippen LogP contribution is 2.36. The van der Waals surface area contributed by atoms with Gasteiger partial charge in [0.25, 0.3) is 11.8 Å². The van der Waals surface area contributed by atoms with Crippen LogP contribution in [0.3, 0.4) is 0 Å². The second kappa shape index (κ2) is 10.2. The van der Waals surface area contributed by atoms with Crippen LogP contribution >= 0.6 is 45.2 Å². The maximum absolute atomic E-state index is 13.2. The number of imide groups is 2. The van der Waals surface area contributed by atoms with Gasteiger partial charge >= 0.3 is 12.0 Å². The lowest BCUT2D eigenvalue weighted by atomic mass is 10.1. The molecule has 0 spiro atoms. The van der Waals surface area contributed by atoms with Crippen LogP contribution < -0.4 is 24.4 Å². The van der Waals surface area contributed by atoms with Crippen LogP contribution in [0.4, 0.5) is 10.5 Å². The van der Waals surface area contributed by atoms with Crippen molar-refractivity contribution in [1.29, 1.82) is 0 Å². The van der Waals surface area contributed by atoms with Crippen molar-refractivity contribution in [1.82, 2.24) is 5.32 Å². The topological polar surface area (TPSA) is 120 Å². The minimum absolute atomic E-state index is 0.0410. The molecule has 10 nitrogen and oxygen atoms in total. The van der Waals surface area contributed by atoms with Crippen LogP contribution in [0.25, 0.3) is 6.08 Å². The Bertz CT molecular complexity index is 1220. The lowest BCUT2D eigenvalue weighted by Gasteiger charge is -2.26. The molecule has 34 heavy (non-hydrogen) atoms. The fourth-order valence-corrected chi connectivity index (χ4v) is 5.35. The van der Waals surface area contributed by atoms with E-state index in [1.807, 2.05) is 45.2 Å².